The van der Waals surface area contributed by atoms with E-state index < -0.39 is 20.7 Å². The van der Waals surface area contributed by atoms with Crippen molar-refractivity contribution in [2.24, 2.45) is 0 Å². The zero-order chi connectivity index (χ0) is 22.1. The fraction of sp³-hybridized carbons (Fsp3) is 0.600. The fourth-order valence-electron chi connectivity index (χ4n) is 2.61. The van der Waals surface area contributed by atoms with Gasteiger partial charge in [0.25, 0.3) is 0 Å². The SMILES string of the molecule is CCO[Si](C)(CCCNC(=O)OCCOCCOC(=O)Nc1ccccc1)OCC. The lowest BCUT2D eigenvalue weighted by Crippen LogP contribution is -2.39. The average molecular weight is 443 g/mol. The van der Waals surface area contributed by atoms with Crippen LogP contribution in [0.3, 0.4) is 0 Å². The zero-order valence-corrected chi connectivity index (χ0v) is 19.1. The number of carbonyl (C=O) groups is 2. The van der Waals surface area contributed by atoms with Gasteiger partial charge in [0.15, 0.2) is 0 Å². The van der Waals surface area contributed by atoms with Crippen LogP contribution in [0, 0.1) is 0 Å². The molecule has 0 fully saturated rings. The molecule has 0 aliphatic heterocycles. The summed E-state index contributed by atoms with van der Waals surface area (Å²) in [5.41, 5.74) is 0.658. The molecule has 0 atom stereocenters. The van der Waals surface area contributed by atoms with Crippen LogP contribution in [0.15, 0.2) is 30.3 Å². The van der Waals surface area contributed by atoms with Crippen molar-refractivity contribution in [3.05, 3.63) is 30.3 Å². The number of anilines is 1. The second-order valence-electron chi connectivity index (χ2n) is 6.41. The quantitative estimate of drug-likeness (QED) is 0.316. The van der Waals surface area contributed by atoms with E-state index in [1.807, 2.05) is 38.6 Å². The van der Waals surface area contributed by atoms with Crippen molar-refractivity contribution in [1.29, 1.82) is 0 Å². The molecule has 0 heterocycles. The molecule has 30 heavy (non-hydrogen) atoms. The highest BCUT2D eigenvalue weighted by Gasteiger charge is 2.29. The highest BCUT2D eigenvalue weighted by molar-refractivity contribution is 6.66. The maximum Gasteiger partial charge on any atom is 0.411 e. The molecule has 0 saturated carbocycles. The van der Waals surface area contributed by atoms with Gasteiger partial charge in [-0.25, -0.2) is 9.59 Å². The second kappa shape index (κ2) is 15.7. The van der Waals surface area contributed by atoms with E-state index in [4.69, 9.17) is 23.1 Å². The van der Waals surface area contributed by atoms with Crippen molar-refractivity contribution in [3.8, 4) is 0 Å². The molecule has 0 aliphatic rings. The van der Waals surface area contributed by atoms with Crippen molar-refractivity contribution >= 4 is 26.4 Å². The Morgan fingerprint density at radius 3 is 2.10 bits per heavy atom. The van der Waals surface area contributed by atoms with E-state index in [9.17, 15) is 9.59 Å². The van der Waals surface area contributed by atoms with Crippen LogP contribution in [0.25, 0.3) is 0 Å². The van der Waals surface area contributed by atoms with E-state index in [1.165, 1.54) is 0 Å². The zero-order valence-electron chi connectivity index (χ0n) is 18.1. The van der Waals surface area contributed by atoms with Crippen LogP contribution >= 0.6 is 0 Å². The minimum atomic E-state index is -2.15. The van der Waals surface area contributed by atoms with Crippen LogP contribution in [0.4, 0.5) is 15.3 Å². The lowest BCUT2D eigenvalue weighted by Gasteiger charge is -2.25. The summed E-state index contributed by atoms with van der Waals surface area (Å²) in [4.78, 5) is 23.2. The molecule has 1 aromatic rings. The number of para-hydroxylation sites is 1. The van der Waals surface area contributed by atoms with E-state index >= 15 is 0 Å². The third kappa shape index (κ3) is 12.4. The summed E-state index contributed by atoms with van der Waals surface area (Å²) >= 11 is 0. The largest absolute Gasteiger partial charge is 0.447 e. The highest BCUT2D eigenvalue weighted by Crippen LogP contribution is 2.15. The van der Waals surface area contributed by atoms with E-state index in [0.717, 1.165) is 12.5 Å². The van der Waals surface area contributed by atoms with Gasteiger partial charge in [-0.1, -0.05) is 18.2 Å². The number of hydrogen-bond acceptors (Lipinski definition) is 7. The van der Waals surface area contributed by atoms with Crippen molar-refractivity contribution in [3.63, 3.8) is 0 Å². The van der Waals surface area contributed by atoms with Crippen molar-refractivity contribution in [2.45, 2.75) is 32.9 Å². The number of alkyl carbamates (subject to hydrolysis) is 1. The first-order chi connectivity index (χ1) is 14.5. The lowest BCUT2D eigenvalue weighted by molar-refractivity contribution is 0.0483. The molecule has 0 radical (unpaired) electrons. The minimum Gasteiger partial charge on any atom is -0.447 e. The number of nitrogens with one attached hydrogen (secondary N) is 2. The Labute approximate surface area is 179 Å². The Balaban J connectivity index is 1.98. The van der Waals surface area contributed by atoms with Gasteiger partial charge >= 0.3 is 20.7 Å². The van der Waals surface area contributed by atoms with Gasteiger partial charge in [0.2, 0.25) is 0 Å². The highest BCUT2D eigenvalue weighted by atomic mass is 28.4. The molecular formula is C20H34N2O7Si. The van der Waals surface area contributed by atoms with Crippen molar-refractivity contribution < 1.29 is 32.7 Å². The predicted octanol–water partition coefficient (Wildman–Crippen LogP) is 3.51. The summed E-state index contributed by atoms with van der Waals surface area (Å²) in [6, 6.07) is 9.81. The summed E-state index contributed by atoms with van der Waals surface area (Å²) in [6.07, 6.45) is -0.280. The van der Waals surface area contributed by atoms with E-state index in [-0.39, 0.29) is 26.4 Å². The first-order valence-electron chi connectivity index (χ1n) is 10.2. The predicted molar refractivity (Wildman–Crippen MR) is 116 cm³/mol. The number of carbonyl (C=O) groups excluding carboxylic acids is 2. The molecule has 2 amide bonds. The number of amides is 2. The summed E-state index contributed by atoms with van der Waals surface area (Å²) in [6.45, 7) is 8.34. The van der Waals surface area contributed by atoms with Gasteiger partial charge in [0, 0.05) is 25.4 Å². The molecule has 9 nitrogen and oxygen atoms in total. The molecule has 0 unspecified atom stereocenters. The topological polar surface area (TPSA) is 104 Å². The Bertz CT molecular complexity index is 598. The number of rotatable bonds is 15. The number of benzene rings is 1. The summed E-state index contributed by atoms with van der Waals surface area (Å²) in [7, 11) is -2.15. The average Bonchev–Trinajstić information content (AvgIpc) is 2.71. The molecule has 0 saturated heterocycles. The van der Waals surface area contributed by atoms with Gasteiger partial charge < -0.3 is 28.4 Å². The van der Waals surface area contributed by atoms with Gasteiger partial charge in [0.05, 0.1) is 13.2 Å². The molecule has 0 aromatic heterocycles. The summed E-state index contributed by atoms with van der Waals surface area (Å²) in [5.74, 6) is 0. The van der Waals surface area contributed by atoms with Gasteiger partial charge in [-0.3, -0.25) is 5.32 Å². The van der Waals surface area contributed by atoms with Gasteiger partial charge in [-0.2, -0.15) is 0 Å². The van der Waals surface area contributed by atoms with Crippen LogP contribution in [0.2, 0.25) is 12.6 Å². The van der Waals surface area contributed by atoms with Gasteiger partial charge in [-0.05, 0) is 45.0 Å². The molecule has 0 aliphatic carbocycles. The Morgan fingerprint density at radius 2 is 1.50 bits per heavy atom. The van der Waals surface area contributed by atoms with Crippen LogP contribution in [0.1, 0.15) is 20.3 Å². The first-order valence-corrected chi connectivity index (χ1v) is 12.8. The molecular weight excluding hydrogens is 408 g/mol. The molecule has 0 bridgehead atoms. The number of ether oxygens (including phenoxy) is 3. The lowest BCUT2D eigenvalue weighted by atomic mass is 10.3. The molecule has 1 aromatic carbocycles. The Kier molecular flexibility index (Phi) is 13.5. The monoisotopic (exact) mass is 442 g/mol. The summed E-state index contributed by atoms with van der Waals surface area (Å²) < 4.78 is 26.8. The fourth-order valence-corrected chi connectivity index (χ4v) is 5.02. The standard InChI is InChI=1S/C20H34N2O7Si/c1-4-28-30(3,29-5-2)17-9-12-21-19(23)26-15-13-25-14-16-27-20(24)22-18-10-7-6-8-11-18/h6-8,10-11H,4-5,9,12-17H2,1-3H3,(H,21,23)(H,22,24). The molecule has 170 valence electrons. The third-order valence-corrected chi connectivity index (χ3v) is 6.98. The maximum absolute atomic E-state index is 11.7. The van der Waals surface area contributed by atoms with Gasteiger partial charge in [0.1, 0.15) is 13.2 Å². The normalized spacial score (nSPS) is 11.0. The van der Waals surface area contributed by atoms with Crippen molar-refractivity contribution in [2.75, 3.05) is 51.5 Å². The molecule has 0 spiro atoms. The van der Waals surface area contributed by atoms with Crippen LogP contribution in [0.5, 0.6) is 0 Å². The summed E-state index contributed by atoms with van der Waals surface area (Å²) in [5, 5.41) is 5.30. The smallest absolute Gasteiger partial charge is 0.411 e. The van der Waals surface area contributed by atoms with E-state index in [1.54, 1.807) is 12.1 Å². The molecule has 1 rings (SSSR count). The molecule has 10 heteroatoms. The van der Waals surface area contributed by atoms with Gasteiger partial charge in [-0.15, -0.1) is 0 Å². The number of hydrogen-bond donors (Lipinski definition) is 2. The maximum atomic E-state index is 11.7. The Morgan fingerprint density at radius 1 is 0.900 bits per heavy atom. The first kappa shape index (κ1) is 25.9. The van der Waals surface area contributed by atoms with Crippen LogP contribution < -0.4 is 10.6 Å². The third-order valence-electron chi connectivity index (χ3n) is 3.92. The van der Waals surface area contributed by atoms with E-state index in [2.05, 4.69) is 10.6 Å². The van der Waals surface area contributed by atoms with Crippen LogP contribution in [-0.2, 0) is 23.1 Å². The van der Waals surface area contributed by atoms with E-state index in [0.29, 0.717) is 25.4 Å². The van der Waals surface area contributed by atoms with Crippen molar-refractivity contribution in [1.82, 2.24) is 5.32 Å². The second-order valence-corrected chi connectivity index (χ2v) is 9.75. The molecule has 2 N–H and O–H groups in total. The minimum absolute atomic E-state index is 0.104. The Hall–Kier alpha value is -2.14. The van der Waals surface area contributed by atoms with Crippen LogP contribution in [-0.4, -0.2) is 66.9 Å².